The van der Waals surface area contributed by atoms with Crippen molar-refractivity contribution >= 4 is 29.0 Å². The first-order valence-electron chi connectivity index (χ1n) is 8.11. The molecule has 1 heterocycles. The highest BCUT2D eigenvalue weighted by atomic mass is 32.1. The molecule has 26 heavy (non-hydrogen) atoms. The molecular formula is C19H19N3O3S. The summed E-state index contributed by atoms with van der Waals surface area (Å²) in [4.78, 5) is 30.0. The first-order chi connectivity index (χ1) is 12.4. The first kappa shape index (κ1) is 17.9. The van der Waals surface area contributed by atoms with Gasteiger partial charge >= 0.3 is 0 Å². The molecule has 7 heteroatoms. The second kappa shape index (κ2) is 7.13. The zero-order chi connectivity index (χ0) is 18.8. The van der Waals surface area contributed by atoms with E-state index in [4.69, 9.17) is 17.0 Å². The molecule has 0 unspecified atom stereocenters. The van der Waals surface area contributed by atoms with E-state index in [9.17, 15) is 9.59 Å². The predicted octanol–water partition coefficient (Wildman–Crippen LogP) is 3.39. The van der Waals surface area contributed by atoms with Gasteiger partial charge in [-0.3, -0.25) is 14.6 Å². The van der Waals surface area contributed by atoms with E-state index in [1.54, 1.807) is 25.3 Å². The van der Waals surface area contributed by atoms with E-state index in [1.807, 2.05) is 32.0 Å². The maximum Gasteiger partial charge on any atom is 0.259 e. The summed E-state index contributed by atoms with van der Waals surface area (Å²) in [7, 11) is 1.60. The summed E-state index contributed by atoms with van der Waals surface area (Å²) in [6, 6.07) is 10.4. The monoisotopic (exact) mass is 369 g/mol. The van der Waals surface area contributed by atoms with Gasteiger partial charge in [-0.1, -0.05) is 17.7 Å². The number of aromatic amines is 2. The Morgan fingerprint density at radius 3 is 2.69 bits per heavy atom. The summed E-state index contributed by atoms with van der Waals surface area (Å²) in [6.45, 7) is 3.88. The average Bonchev–Trinajstić information content (AvgIpc) is 2.60. The van der Waals surface area contributed by atoms with Crippen molar-refractivity contribution in [3.63, 3.8) is 0 Å². The highest BCUT2D eigenvalue weighted by Crippen LogP contribution is 2.26. The summed E-state index contributed by atoms with van der Waals surface area (Å²) in [5, 5.41) is 3.41. The number of ether oxygens (including phenoxy) is 1. The number of hydrogen-bond donors (Lipinski definition) is 3. The molecule has 0 saturated heterocycles. The molecule has 1 aromatic heterocycles. The van der Waals surface area contributed by atoms with Crippen LogP contribution in [-0.2, 0) is 0 Å². The SMILES string of the molecule is COc1ccc(C)cc1[C@H](C)NC(=O)c1ccc2c(=O)[nH]c(=S)[nH]c2c1. The van der Waals surface area contributed by atoms with Gasteiger partial charge in [0, 0.05) is 11.1 Å². The molecule has 1 atom stereocenters. The zero-order valence-corrected chi connectivity index (χ0v) is 15.5. The molecule has 3 N–H and O–H groups in total. The summed E-state index contributed by atoms with van der Waals surface area (Å²) >= 11 is 4.98. The third-order valence-electron chi connectivity index (χ3n) is 4.20. The van der Waals surface area contributed by atoms with Crippen molar-refractivity contribution in [1.82, 2.24) is 15.3 Å². The molecule has 134 valence electrons. The highest BCUT2D eigenvalue weighted by molar-refractivity contribution is 7.71. The van der Waals surface area contributed by atoms with Gasteiger partial charge in [0.1, 0.15) is 5.75 Å². The van der Waals surface area contributed by atoms with Crippen molar-refractivity contribution in [3.8, 4) is 5.75 Å². The van der Waals surface area contributed by atoms with Crippen LogP contribution in [0.15, 0.2) is 41.2 Å². The lowest BCUT2D eigenvalue weighted by molar-refractivity contribution is 0.0939. The Morgan fingerprint density at radius 1 is 1.19 bits per heavy atom. The van der Waals surface area contributed by atoms with Crippen LogP contribution in [0.25, 0.3) is 10.9 Å². The van der Waals surface area contributed by atoms with Crippen molar-refractivity contribution in [2.24, 2.45) is 0 Å². The van der Waals surface area contributed by atoms with Crippen LogP contribution in [0.2, 0.25) is 0 Å². The first-order valence-corrected chi connectivity index (χ1v) is 8.51. The molecule has 0 bridgehead atoms. The minimum Gasteiger partial charge on any atom is -0.496 e. The molecule has 0 radical (unpaired) electrons. The van der Waals surface area contributed by atoms with Crippen LogP contribution < -0.4 is 15.6 Å². The minimum absolute atomic E-state index is 0.220. The number of fused-ring (bicyclic) bond motifs is 1. The van der Waals surface area contributed by atoms with E-state index in [0.29, 0.717) is 16.5 Å². The van der Waals surface area contributed by atoms with Gasteiger partial charge in [-0.15, -0.1) is 0 Å². The minimum atomic E-state index is -0.284. The fraction of sp³-hybridized carbons (Fsp3) is 0.211. The van der Waals surface area contributed by atoms with Crippen LogP contribution in [0, 0.1) is 11.7 Å². The smallest absolute Gasteiger partial charge is 0.259 e. The Hall–Kier alpha value is -2.93. The Kier molecular flexibility index (Phi) is 4.90. The third kappa shape index (κ3) is 3.52. The lowest BCUT2D eigenvalue weighted by Crippen LogP contribution is -2.27. The number of carbonyl (C=O) groups excluding carboxylic acids is 1. The average molecular weight is 369 g/mol. The number of hydrogen-bond acceptors (Lipinski definition) is 4. The largest absolute Gasteiger partial charge is 0.496 e. The van der Waals surface area contributed by atoms with Crippen molar-refractivity contribution in [2.75, 3.05) is 7.11 Å². The molecule has 0 aliphatic carbocycles. The van der Waals surface area contributed by atoms with Crippen LogP contribution >= 0.6 is 12.2 Å². The summed E-state index contributed by atoms with van der Waals surface area (Å²) in [6.07, 6.45) is 0. The van der Waals surface area contributed by atoms with Crippen molar-refractivity contribution < 1.29 is 9.53 Å². The van der Waals surface area contributed by atoms with Gasteiger partial charge in [-0.25, -0.2) is 0 Å². The van der Waals surface area contributed by atoms with E-state index >= 15 is 0 Å². The number of aromatic nitrogens is 2. The molecule has 1 amide bonds. The number of amides is 1. The number of benzene rings is 2. The third-order valence-corrected chi connectivity index (χ3v) is 4.41. The predicted molar refractivity (Wildman–Crippen MR) is 103 cm³/mol. The Bertz CT molecular complexity index is 1100. The van der Waals surface area contributed by atoms with Crippen LogP contribution in [0.4, 0.5) is 0 Å². The molecule has 6 nitrogen and oxygen atoms in total. The van der Waals surface area contributed by atoms with Crippen LogP contribution in [0.5, 0.6) is 5.75 Å². The van der Waals surface area contributed by atoms with Crippen LogP contribution in [-0.4, -0.2) is 23.0 Å². The molecule has 3 rings (SSSR count). The quantitative estimate of drug-likeness (QED) is 0.615. The molecule has 3 aromatic rings. The number of carbonyl (C=O) groups is 1. The molecular weight excluding hydrogens is 350 g/mol. The molecule has 0 saturated carbocycles. The fourth-order valence-corrected chi connectivity index (χ4v) is 3.06. The Balaban J connectivity index is 1.90. The standard InChI is InChI=1S/C19H19N3O3S/c1-10-4-7-16(25-3)14(8-10)11(2)20-17(23)12-5-6-13-15(9-12)21-19(26)22-18(13)24/h4-9,11H,1-3H3,(H,20,23)(H2,21,22,24,26)/t11-/m0/s1. The Labute approximate surface area is 155 Å². The zero-order valence-electron chi connectivity index (χ0n) is 14.7. The number of H-pyrrole nitrogens is 2. The molecule has 0 aliphatic heterocycles. The van der Waals surface area contributed by atoms with Crippen LogP contribution in [0.3, 0.4) is 0 Å². The molecule has 0 fully saturated rings. The maximum absolute atomic E-state index is 12.6. The lowest BCUT2D eigenvalue weighted by Gasteiger charge is -2.18. The summed E-state index contributed by atoms with van der Waals surface area (Å²) in [5.74, 6) is 0.472. The van der Waals surface area contributed by atoms with Crippen molar-refractivity contribution in [3.05, 3.63) is 68.2 Å². The van der Waals surface area contributed by atoms with Gasteiger partial charge in [-0.2, -0.15) is 0 Å². The van der Waals surface area contributed by atoms with Gasteiger partial charge < -0.3 is 15.0 Å². The van der Waals surface area contributed by atoms with Crippen molar-refractivity contribution in [2.45, 2.75) is 19.9 Å². The number of rotatable bonds is 4. The van der Waals surface area contributed by atoms with E-state index in [-0.39, 0.29) is 22.3 Å². The van der Waals surface area contributed by atoms with E-state index in [1.165, 1.54) is 0 Å². The van der Waals surface area contributed by atoms with E-state index in [2.05, 4.69) is 15.3 Å². The van der Waals surface area contributed by atoms with E-state index < -0.39 is 0 Å². The van der Waals surface area contributed by atoms with Crippen molar-refractivity contribution in [1.29, 1.82) is 0 Å². The summed E-state index contributed by atoms with van der Waals surface area (Å²) in [5.41, 5.74) is 2.66. The molecule has 0 aliphatic rings. The summed E-state index contributed by atoms with van der Waals surface area (Å²) < 4.78 is 5.61. The second-order valence-electron chi connectivity index (χ2n) is 6.11. The molecule has 0 spiro atoms. The topological polar surface area (TPSA) is 87.0 Å². The fourth-order valence-electron chi connectivity index (χ4n) is 2.86. The van der Waals surface area contributed by atoms with E-state index in [0.717, 1.165) is 16.9 Å². The van der Waals surface area contributed by atoms with Gasteiger partial charge in [0.25, 0.3) is 11.5 Å². The Morgan fingerprint density at radius 2 is 1.96 bits per heavy atom. The number of aryl methyl sites for hydroxylation is 1. The molecule has 2 aromatic carbocycles. The van der Waals surface area contributed by atoms with Crippen LogP contribution in [0.1, 0.15) is 34.5 Å². The van der Waals surface area contributed by atoms with Gasteiger partial charge in [0.05, 0.1) is 24.1 Å². The van der Waals surface area contributed by atoms with Gasteiger partial charge in [0.15, 0.2) is 4.77 Å². The maximum atomic E-state index is 12.6. The van der Waals surface area contributed by atoms with Gasteiger partial charge in [0.2, 0.25) is 0 Å². The normalized spacial score (nSPS) is 12.0. The number of nitrogens with one attached hydrogen (secondary N) is 3. The highest BCUT2D eigenvalue weighted by Gasteiger charge is 2.16. The second-order valence-corrected chi connectivity index (χ2v) is 6.52. The van der Waals surface area contributed by atoms with Gasteiger partial charge in [-0.05, 0) is 50.3 Å². The number of methoxy groups -OCH3 is 1. The lowest BCUT2D eigenvalue weighted by atomic mass is 10.0.